The smallest absolute Gasteiger partial charge is 0.130 e. The van der Waals surface area contributed by atoms with Crippen LogP contribution >= 0.6 is 0 Å². The molecule has 1 aliphatic heterocycles. The van der Waals surface area contributed by atoms with Gasteiger partial charge in [-0.25, -0.2) is 0 Å². The zero-order valence-corrected chi connectivity index (χ0v) is 6.94. The van der Waals surface area contributed by atoms with Crippen molar-refractivity contribution in [3.05, 3.63) is 41.5 Å². The van der Waals surface area contributed by atoms with Gasteiger partial charge in [0.05, 0.1) is 0 Å². The molecule has 0 fully saturated rings. The summed E-state index contributed by atoms with van der Waals surface area (Å²) in [5.74, 6) is 0.457. The van der Waals surface area contributed by atoms with Crippen molar-refractivity contribution in [2.24, 2.45) is 0 Å². The first-order chi connectivity index (χ1) is 5.70. The highest BCUT2D eigenvalue weighted by Crippen LogP contribution is 2.25. The first-order valence-corrected chi connectivity index (χ1v) is 3.85. The summed E-state index contributed by atoms with van der Waals surface area (Å²) < 4.78 is 0. The molecule has 0 atom stereocenters. The van der Waals surface area contributed by atoms with Crippen molar-refractivity contribution >= 4 is 11.5 Å². The topological polar surface area (TPSA) is 35.9 Å². The predicted molar refractivity (Wildman–Crippen MR) is 50.2 cm³/mol. The van der Waals surface area contributed by atoms with Crippen LogP contribution in [-0.2, 0) is 0 Å². The number of nitrogens with one attached hydrogen (secondary N) is 2. The Labute approximate surface area is 71.4 Å². The predicted octanol–water partition coefficient (Wildman–Crippen LogP) is 1.89. The van der Waals surface area contributed by atoms with E-state index in [2.05, 4.69) is 11.9 Å². The Morgan fingerprint density at radius 1 is 1.42 bits per heavy atom. The average molecular weight is 158 g/mol. The minimum atomic E-state index is 0.457. The number of amidine groups is 1. The van der Waals surface area contributed by atoms with Crippen LogP contribution in [0.1, 0.15) is 16.7 Å². The van der Waals surface area contributed by atoms with E-state index in [4.69, 9.17) is 5.41 Å². The molecule has 1 aliphatic rings. The highest BCUT2D eigenvalue weighted by Gasteiger charge is 2.19. The fourth-order valence-corrected chi connectivity index (χ4v) is 1.56. The van der Waals surface area contributed by atoms with E-state index in [0.29, 0.717) is 5.84 Å². The molecule has 0 aromatic heterocycles. The maximum atomic E-state index is 7.59. The van der Waals surface area contributed by atoms with Gasteiger partial charge in [-0.15, -0.1) is 0 Å². The average Bonchev–Trinajstić information content (AvgIpc) is 2.29. The van der Waals surface area contributed by atoms with Crippen molar-refractivity contribution in [1.29, 1.82) is 5.41 Å². The van der Waals surface area contributed by atoms with Crippen LogP contribution in [0, 0.1) is 12.3 Å². The van der Waals surface area contributed by atoms with Crippen molar-refractivity contribution in [1.82, 2.24) is 5.32 Å². The third-order valence-electron chi connectivity index (χ3n) is 2.12. The van der Waals surface area contributed by atoms with Crippen LogP contribution in [0.3, 0.4) is 0 Å². The summed E-state index contributed by atoms with van der Waals surface area (Å²) in [7, 11) is 0. The maximum absolute atomic E-state index is 7.59. The van der Waals surface area contributed by atoms with Crippen LogP contribution in [0.4, 0.5) is 0 Å². The SMILES string of the molecule is C=C1NC(=N)c2cccc(C)c21. The second-order valence-electron chi connectivity index (χ2n) is 2.98. The molecule has 0 amide bonds. The molecule has 1 heterocycles. The van der Waals surface area contributed by atoms with Gasteiger partial charge < -0.3 is 5.32 Å². The Kier molecular flexibility index (Phi) is 1.30. The van der Waals surface area contributed by atoms with Crippen LogP contribution < -0.4 is 5.32 Å². The molecule has 0 bridgehead atoms. The molecule has 0 unspecified atom stereocenters. The van der Waals surface area contributed by atoms with E-state index in [9.17, 15) is 0 Å². The molecule has 2 rings (SSSR count). The summed E-state index contributed by atoms with van der Waals surface area (Å²) in [5, 5.41) is 10.5. The molecular formula is C10H10N2. The van der Waals surface area contributed by atoms with Crippen molar-refractivity contribution in [2.75, 3.05) is 0 Å². The van der Waals surface area contributed by atoms with E-state index in [1.165, 1.54) is 5.56 Å². The molecule has 0 radical (unpaired) electrons. The number of fused-ring (bicyclic) bond motifs is 1. The molecule has 1 aromatic rings. The van der Waals surface area contributed by atoms with Gasteiger partial charge in [-0.05, 0) is 12.5 Å². The van der Waals surface area contributed by atoms with Gasteiger partial charge in [-0.3, -0.25) is 5.41 Å². The monoisotopic (exact) mass is 158 g/mol. The standard InChI is InChI=1S/C10H10N2/c1-6-4-3-5-8-9(6)7(2)12-10(8)11/h3-5H,2H2,1H3,(H2,11,12). The lowest BCUT2D eigenvalue weighted by atomic mass is 10.0. The number of aryl methyl sites for hydroxylation is 1. The third-order valence-corrected chi connectivity index (χ3v) is 2.12. The van der Waals surface area contributed by atoms with Crippen LogP contribution in [0.15, 0.2) is 24.8 Å². The Morgan fingerprint density at radius 3 is 2.83 bits per heavy atom. The quantitative estimate of drug-likeness (QED) is 0.594. The minimum Gasteiger partial charge on any atom is -0.340 e. The fraction of sp³-hybridized carbons (Fsp3) is 0.100. The molecule has 1 aromatic carbocycles. The van der Waals surface area contributed by atoms with Crippen molar-refractivity contribution in [2.45, 2.75) is 6.92 Å². The van der Waals surface area contributed by atoms with Crippen molar-refractivity contribution in [3.63, 3.8) is 0 Å². The van der Waals surface area contributed by atoms with E-state index in [1.54, 1.807) is 0 Å². The summed E-state index contributed by atoms with van der Waals surface area (Å²) in [6, 6.07) is 5.93. The molecule has 0 aliphatic carbocycles. The summed E-state index contributed by atoms with van der Waals surface area (Å²) in [4.78, 5) is 0. The van der Waals surface area contributed by atoms with Gasteiger partial charge in [0.2, 0.25) is 0 Å². The van der Waals surface area contributed by atoms with E-state index in [-0.39, 0.29) is 0 Å². The fourth-order valence-electron chi connectivity index (χ4n) is 1.56. The third kappa shape index (κ3) is 0.780. The summed E-state index contributed by atoms with van der Waals surface area (Å²) in [5.41, 5.74) is 4.06. The van der Waals surface area contributed by atoms with Crippen LogP contribution in [0.2, 0.25) is 0 Å². The summed E-state index contributed by atoms with van der Waals surface area (Å²) in [6.45, 7) is 5.89. The molecule has 0 spiro atoms. The molecule has 0 saturated carbocycles. The van der Waals surface area contributed by atoms with Gasteiger partial charge in [-0.1, -0.05) is 24.8 Å². The molecule has 2 heteroatoms. The van der Waals surface area contributed by atoms with Crippen LogP contribution in [-0.4, -0.2) is 5.84 Å². The maximum Gasteiger partial charge on any atom is 0.130 e. The molecule has 12 heavy (non-hydrogen) atoms. The van der Waals surface area contributed by atoms with Gasteiger partial charge in [0.15, 0.2) is 0 Å². The molecule has 2 nitrogen and oxygen atoms in total. The number of rotatable bonds is 0. The van der Waals surface area contributed by atoms with E-state index in [0.717, 1.165) is 16.8 Å². The Morgan fingerprint density at radius 2 is 2.17 bits per heavy atom. The highest BCUT2D eigenvalue weighted by atomic mass is 15.0. The number of benzene rings is 1. The van der Waals surface area contributed by atoms with Crippen molar-refractivity contribution in [3.8, 4) is 0 Å². The van der Waals surface area contributed by atoms with Crippen LogP contribution in [0.5, 0.6) is 0 Å². The molecular weight excluding hydrogens is 148 g/mol. The van der Waals surface area contributed by atoms with Gasteiger partial charge >= 0.3 is 0 Å². The Balaban J connectivity index is 2.75. The Bertz CT molecular complexity index is 377. The highest BCUT2D eigenvalue weighted by molar-refractivity contribution is 6.10. The zero-order valence-electron chi connectivity index (χ0n) is 6.94. The van der Waals surface area contributed by atoms with Gasteiger partial charge in [0.1, 0.15) is 5.84 Å². The van der Waals surface area contributed by atoms with E-state index < -0.39 is 0 Å². The second-order valence-corrected chi connectivity index (χ2v) is 2.98. The number of hydrogen-bond acceptors (Lipinski definition) is 1. The van der Waals surface area contributed by atoms with Gasteiger partial charge in [-0.2, -0.15) is 0 Å². The van der Waals surface area contributed by atoms with Gasteiger partial charge in [0.25, 0.3) is 0 Å². The normalized spacial score (nSPS) is 14.4. The Hall–Kier alpha value is -1.57. The first kappa shape index (κ1) is 7.10. The van der Waals surface area contributed by atoms with E-state index in [1.807, 2.05) is 25.1 Å². The lowest BCUT2D eigenvalue weighted by Gasteiger charge is -2.00. The lowest BCUT2D eigenvalue weighted by molar-refractivity contribution is 1.30. The van der Waals surface area contributed by atoms with Crippen molar-refractivity contribution < 1.29 is 0 Å². The van der Waals surface area contributed by atoms with Crippen LogP contribution in [0.25, 0.3) is 5.70 Å². The minimum absolute atomic E-state index is 0.457. The summed E-state index contributed by atoms with van der Waals surface area (Å²) in [6.07, 6.45) is 0. The lowest BCUT2D eigenvalue weighted by Crippen LogP contribution is -2.11. The van der Waals surface area contributed by atoms with Gasteiger partial charge in [0, 0.05) is 16.8 Å². The second kappa shape index (κ2) is 2.21. The summed E-state index contributed by atoms with van der Waals surface area (Å²) >= 11 is 0. The molecule has 0 saturated heterocycles. The molecule has 60 valence electrons. The largest absolute Gasteiger partial charge is 0.340 e. The zero-order chi connectivity index (χ0) is 8.72. The number of hydrogen-bond donors (Lipinski definition) is 2. The first-order valence-electron chi connectivity index (χ1n) is 3.85. The van der Waals surface area contributed by atoms with E-state index >= 15 is 0 Å². The molecule has 2 N–H and O–H groups in total.